The van der Waals surface area contributed by atoms with E-state index in [0.717, 1.165) is 33.1 Å². The molecule has 0 unspecified atom stereocenters. The van der Waals surface area contributed by atoms with Crippen LogP contribution in [0.5, 0.6) is 5.75 Å². The zero-order valence-corrected chi connectivity index (χ0v) is 16.4. The van der Waals surface area contributed by atoms with E-state index in [9.17, 15) is 4.79 Å². The van der Waals surface area contributed by atoms with Crippen molar-refractivity contribution in [2.24, 2.45) is 0 Å². The third kappa shape index (κ3) is 3.08. The van der Waals surface area contributed by atoms with Gasteiger partial charge in [0.05, 0.1) is 18.2 Å². The van der Waals surface area contributed by atoms with Crippen LogP contribution >= 0.6 is 0 Å². The van der Waals surface area contributed by atoms with Gasteiger partial charge in [-0.15, -0.1) is 0 Å². The number of rotatable bonds is 4. The molecule has 0 saturated heterocycles. The number of hydrogen-bond acceptors (Lipinski definition) is 3. The minimum absolute atomic E-state index is 0.180. The summed E-state index contributed by atoms with van der Waals surface area (Å²) >= 11 is 0. The molecule has 0 atom stereocenters. The normalized spacial score (nSPS) is 11.0. The predicted octanol–water partition coefficient (Wildman–Crippen LogP) is 6.51. The second-order valence-corrected chi connectivity index (χ2v) is 7.01. The fourth-order valence-electron chi connectivity index (χ4n) is 3.71. The lowest BCUT2D eigenvalue weighted by molar-refractivity contribution is 0.102. The number of methoxy groups -OCH3 is 1. The molecule has 1 heterocycles. The summed E-state index contributed by atoms with van der Waals surface area (Å²) in [5.74, 6) is 1.20. The Morgan fingerprint density at radius 3 is 2.33 bits per heavy atom. The van der Waals surface area contributed by atoms with Gasteiger partial charge in [-0.1, -0.05) is 48.5 Å². The highest BCUT2D eigenvalue weighted by Gasteiger charge is 2.20. The number of nitrogens with one attached hydrogen (secondary N) is 1. The highest BCUT2D eigenvalue weighted by molar-refractivity contribution is 6.19. The molecule has 0 aliphatic carbocycles. The van der Waals surface area contributed by atoms with Gasteiger partial charge in [0.2, 0.25) is 0 Å². The average molecular weight is 393 g/mol. The minimum Gasteiger partial charge on any atom is -0.497 e. The van der Waals surface area contributed by atoms with E-state index in [1.165, 1.54) is 0 Å². The summed E-state index contributed by atoms with van der Waals surface area (Å²) in [6, 6.07) is 28.9. The number of carbonyl (C=O) groups excluding carboxylic acids is 1. The van der Waals surface area contributed by atoms with Crippen LogP contribution in [0, 0.1) is 0 Å². The molecule has 0 saturated carbocycles. The number of furan rings is 1. The van der Waals surface area contributed by atoms with Crippen molar-refractivity contribution in [2.45, 2.75) is 0 Å². The number of carbonyl (C=O) groups is 1. The number of fused-ring (bicyclic) bond motifs is 3. The van der Waals surface area contributed by atoms with E-state index in [1.807, 2.05) is 72.8 Å². The minimum atomic E-state index is -0.180. The Hall–Kier alpha value is -4.05. The number of amides is 1. The Labute approximate surface area is 173 Å². The smallest absolute Gasteiger partial charge is 0.255 e. The second-order valence-electron chi connectivity index (χ2n) is 7.01. The Balaban J connectivity index is 1.73. The Bertz CT molecular complexity index is 1350. The second kappa shape index (κ2) is 7.41. The molecule has 5 rings (SSSR count). The lowest BCUT2D eigenvalue weighted by atomic mass is 10.0. The van der Waals surface area contributed by atoms with E-state index in [1.54, 1.807) is 19.2 Å². The van der Waals surface area contributed by atoms with E-state index in [0.29, 0.717) is 17.0 Å². The molecule has 5 aromatic rings. The molecule has 0 spiro atoms. The molecule has 4 heteroatoms. The molecule has 4 aromatic carbocycles. The molecule has 0 bridgehead atoms. The van der Waals surface area contributed by atoms with Crippen molar-refractivity contribution in [1.29, 1.82) is 0 Å². The molecule has 1 N–H and O–H groups in total. The van der Waals surface area contributed by atoms with Gasteiger partial charge in [-0.25, -0.2) is 0 Å². The highest BCUT2D eigenvalue weighted by Crippen LogP contribution is 2.42. The van der Waals surface area contributed by atoms with Gasteiger partial charge in [-0.2, -0.15) is 0 Å². The number of benzene rings is 4. The predicted molar refractivity (Wildman–Crippen MR) is 120 cm³/mol. The van der Waals surface area contributed by atoms with Crippen LogP contribution in [-0.2, 0) is 0 Å². The molecule has 0 aliphatic rings. The van der Waals surface area contributed by atoms with Crippen molar-refractivity contribution in [3.63, 3.8) is 0 Å². The molecule has 0 fully saturated rings. The summed E-state index contributed by atoms with van der Waals surface area (Å²) < 4.78 is 11.5. The van der Waals surface area contributed by atoms with Gasteiger partial charge in [-0.05, 0) is 53.2 Å². The molecular formula is C26H19NO3. The molecule has 1 amide bonds. The zero-order valence-electron chi connectivity index (χ0n) is 16.4. The van der Waals surface area contributed by atoms with Crippen LogP contribution in [0.3, 0.4) is 0 Å². The molecular weight excluding hydrogens is 374 g/mol. The first-order valence-electron chi connectivity index (χ1n) is 9.69. The molecule has 4 nitrogen and oxygen atoms in total. The van der Waals surface area contributed by atoms with Crippen molar-refractivity contribution in [3.05, 3.63) is 96.6 Å². The molecule has 0 radical (unpaired) electrons. The van der Waals surface area contributed by atoms with Gasteiger partial charge in [0.25, 0.3) is 5.91 Å². The van der Waals surface area contributed by atoms with Crippen molar-refractivity contribution in [3.8, 4) is 17.1 Å². The van der Waals surface area contributed by atoms with Gasteiger partial charge < -0.3 is 14.5 Å². The maximum Gasteiger partial charge on any atom is 0.255 e. The summed E-state index contributed by atoms with van der Waals surface area (Å²) in [6.45, 7) is 0. The Kier molecular flexibility index (Phi) is 4.45. The zero-order chi connectivity index (χ0) is 20.5. The van der Waals surface area contributed by atoms with Crippen LogP contribution in [-0.4, -0.2) is 13.0 Å². The fourth-order valence-corrected chi connectivity index (χ4v) is 3.71. The monoisotopic (exact) mass is 393 g/mol. The quantitative estimate of drug-likeness (QED) is 0.378. The number of ether oxygens (including phenoxy) is 1. The summed E-state index contributed by atoms with van der Waals surface area (Å²) in [6.07, 6.45) is 0. The van der Waals surface area contributed by atoms with Gasteiger partial charge in [-0.3, -0.25) is 4.79 Å². The van der Waals surface area contributed by atoms with Crippen molar-refractivity contribution in [2.75, 3.05) is 12.4 Å². The number of anilines is 1. The van der Waals surface area contributed by atoms with Crippen LogP contribution in [0.1, 0.15) is 10.4 Å². The lowest BCUT2D eigenvalue weighted by Gasteiger charge is -2.08. The van der Waals surface area contributed by atoms with Crippen molar-refractivity contribution < 1.29 is 13.9 Å². The summed E-state index contributed by atoms with van der Waals surface area (Å²) in [7, 11) is 1.63. The van der Waals surface area contributed by atoms with E-state index in [-0.39, 0.29) is 5.91 Å². The van der Waals surface area contributed by atoms with E-state index in [4.69, 9.17) is 9.15 Å². The maximum atomic E-state index is 13.0. The highest BCUT2D eigenvalue weighted by atomic mass is 16.5. The third-order valence-electron chi connectivity index (χ3n) is 5.21. The van der Waals surface area contributed by atoms with Gasteiger partial charge in [0, 0.05) is 11.1 Å². The average Bonchev–Trinajstić information content (AvgIpc) is 3.18. The largest absolute Gasteiger partial charge is 0.497 e. The molecule has 146 valence electrons. The fraction of sp³-hybridized carbons (Fsp3) is 0.0385. The SMILES string of the molecule is COc1ccc(-c2oc3ccc4ccccc4c3c2NC(=O)c2ccccc2)cc1. The van der Waals surface area contributed by atoms with Crippen LogP contribution in [0.2, 0.25) is 0 Å². The van der Waals surface area contributed by atoms with E-state index < -0.39 is 0 Å². The first-order valence-corrected chi connectivity index (χ1v) is 9.69. The topological polar surface area (TPSA) is 51.5 Å². The van der Waals surface area contributed by atoms with Gasteiger partial charge in [0.1, 0.15) is 11.3 Å². The van der Waals surface area contributed by atoms with Crippen LogP contribution in [0.25, 0.3) is 33.1 Å². The van der Waals surface area contributed by atoms with Crippen molar-refractivity contribution in [1.82, 2.24) is 0 Å². The third-order valence-corrected chi connectivity index (χ3v) is 5.21. The molecule has 1 aromatic heterocycles. The van der Waals surface area contributed by atoms with Crippen LogP contribution in [0.4, 0.5) is 5.69 Å². The summed E-state index contributed by atoms with van der Waals surface area (Å²) in [5.41, 5.74) is 2.84. The van der Waals surface area contributed by atoms with E-state index in [2.05, 4.69) is 11.4 Å². The first-order chi connectivity index (χ1) is 14.7. The Morgan fingerprint density at radius 2 is 1.57 bits per heavy atom. The van der Waals surface area contributed by atoms with Gasteiger partial charge >= 0.3 is 0 Å². The maximum absolute atomic E-state index is 13.0. The molecule has 0 aliphatic heterocycles. The van der Waals surface area contributed by atoms with Crippen LogP contribution < -0.4 is 10.1 Å². The summed E-state index contributed by atoms with van der Waals surface area (Å²) in [4.78, 5) is 13.0. The standard InChI is InChI=1S/C26H19NO3/c1-29-20-14-11-18(12-15-20)25-24(27-26(28)19-8-3-2-4-9-19)23-21-10-6-5-7-17(21)13-16-22(23)30-25/h2-16H,1H3,(H,27,28). The first kappa shape index (κ1) is 18.0. The summed E-state index contributed by atoms with van der Waals surface area (Å²) in [5, 5.41) is 6.11. The van der Waals surface area contributed by atoms with Crippen molar-refractivity contribution >= 4 is 33.3 Å². The lowest BCUT2D eigenvalue weighted by Crippen LogP contribution is -2.12. The molecule has 30 heavy (non-hydrogen) atoms. The van der Waals surface area contributed by atoms with E-state index >= 15 is 0 Å². The number of hydrogen-bond donors (Lipinski definition) is 1. The van der Waals surface area contributed by atoms with Gasteiger partial charge in [0.15, 0.2) is 5.76 Å². The Morgan fingerprint density at radius 1 is 0.833 bits per heavy atom. The van der Waals surface area contributed by atoms with Crippen LogP contribution in [0.15, 0.2) is 95.4 Å².